The van der Waals surface area contributed by atoms with Crippen LogP contribution in [0.2, 0.25) is 5.02 Å². The topological polar surface area (TPSA) is 167 Å². The van der Waals surface area contributed by atoms with Crippen molar-refractivity contribution >= 4 is 45.6 Å². The first-order valence-corrected chi connectivity index (χ1v) is 15.5. The molecule has 5 atom stereocenters. The molecule has 2 aromatic carbocycles. The quantitative estimate of drug-likeness (QED) is 0.161. The van der Waals surface area contributed by atoms with Gasteiger partial charge in [-0.2, -0.15) is 21.6 Å². The fourth-order valence-electron chi connectivity index (χ4n) is 5.16. The van der Waals surface area contributed by atoms with Crippen molar-refractivity contribution in [1.29, 1.82) is 0 Å². The van der Waals surface area contributed by atoms with Gasteiger partial charge in [-0.25, -0.2) is 0 Å². The van der Waals surface area contributed by atoms with E-state index in [1.54, 1.807) is 12.1 Å². The predicted octanol–water partition coefficient (Wildman–Crippen LogP) is 3.60. The highest BCUT2D eigenvalue weighted by molar-refractivity contribution is 7.88. The molecule has 0 aliphatic carbocycles. The Kier molecular flexibility index (Phi) is 10.4. The van der Waals surface area contributed by atoms with Crippen molar-refractivity contribution < 1.29 is 73.4 Å². The summed E-state index contributed by atoms with van der Waals surface area (Å²) in [5, 5.41) is 0.231. The van der Waals surface area contributed by atoms with E-state index in [-0.39, 0.29) is 23.6 Å². The fraction of sp³-hybridized carbons (Fsp3) is 0.448. The average Bonchev–Trinajstić information content (AvgIpc) is 3.28. The molecule has 1 spiro atoms. The van der Waals surface area contributed by atoms with Crippen molar-refractivity contribution in [2.24, 2.45) is 0 Å². The number of esters is 4. The summed E-state index contributed by atoms with van der Waals surface area (Å²) in [6.07, 6.45) is -5.76. The molecule has 0 bridgehead atoms. The molecule has 0 unspecified atom stereocenters. The molecule has 2 heterocycles. The first-order valence-electron chi connectivity index (χ1n) is 13.7. The Hall–Kier alpha value is -3.93. The Morgan fingerprint density at radius 2 is 1.51 bits per heavy atom. The summed E-state index contributed by atoms with van der Waals surface area (Å²) in [6, 6.07) is 7.81. The lowest BCUT2D eigenvalue weighted by atomic mass is 9.85. The number of hydrogen-bond acceptors (Lipinski definition) is 13. The molecule has 0 N–H and O–H groups in total. The minimum Gasteiger partial charge on any atom is -0.463 e. The van der Waals surface area contributed by atoms with Gasteiger partial charge in [0, 0.05) is 38.3 Å². The summed E-state index contributed by atoms with van der Waals surface area (Å²) in [5.41, 5.74) is -3.99. The highest BCUT2D eigenvalue weighted by atomic mass is 35.5. The van der Waals surface area contributed by atoms with Crippen LogP contribution in [0.5, 0.6) is 5.75 Å². The third-order valence-electron chi connectivity index (χ3n) is 6.93. The number of carbonyl (C=O) groups excluding carboxylic acids is 4. The SMILES string of the molecule is CC(=O)OC[C@H]1O[C@]2(OCc3cc(Cl)c(Cc4ccc(OS(=O)(=O)C(F)(F)F)cc4)cc32)[C@H](OC(C)=O)[C@@H](OC(C)=O)[C@H]1OC(C)=O. The largest absolute Gasteiger partial charge is 0.534 e. The Labute approximate surface area is 271 Å². The van der Waals surface area contributed by atoms with Crippen molar-refractivity contribution in [3.8, 4) is 5.75 Å². The van der Waals surface area contributed by atoms with Gasteiger partial charge >= 0.3 is 39.5 Å². The molecule has 0 saturated carbocycles. The molecule has 13 nitrogen and oxygen atoms in total. The Bertz CT molecular complexity index is 1660. The highest BCUT2D eigenvalue weighted by Crippen LogP contribution is 2.49. The second-order valence-electron chi connectivity index (χ2n) is 10.5. The number of rotatable bonds is 9. The van der Waals surface area contributed by atoms with Crippen LogP contribution in [0.25, 0.3) is 0 Å². The van der Waals surface area contributed by atoms with Gasteiger partial charge in [0.25, 0.3) is 0 Å². The van der Waals surface area contributed by atoms with Gasteiger partial charge in [-0.05, 0) is 47.4 Å². The van der Waals surface area contributed by atoms with Crippen LogP contribution >= 0.6 is 11.6 Å². The number of ether oxygens (including phenoxy) is 6. The van der Waals surface area contributed by atoms with E-state index < -0.39 is 82.1 Å². The minimum absolute atomic E-state index is 0.0487. The predicted molar refractivity (Wildman–Crippen MR) is 151 cm³/mol. The van der Waals surface area contributed by atoms with E-state index in [9.17, 15) is 40.8 Å². The summed E-state index contributed by atoms with van der Waals surface area (Å²) in [6.45, 7) is 3.75. The molecule has 4 rings (SSSR count). The van der Waals surface area contributed by atoms with Crippen LogP contribution in [0.3, 0.4) is 0 Å². The van der Waals surface area contributed by atoms with Gasteiger partial charge in [0.15, 0.2) is 12.2 Å². The molecule has 2 aliphatic rings. The van der Waals surface area contributed by atoms with Gasteiger partial charge in [0.05, 0.1) is 6.61 Å². The van der Waals surface area contributed by atoms with Crippen molar-refractivity contribution in [1.82, 2.24) is 0 Å². The molecule has 0 amide bonds. The Morgan fingerprint density at radius 1 is 0.915 bits per heavy atom. The van der Waals surface area contributed by atoms with E-state index in [0.29, 0.717) is 16.7 Å². The summed E-state index contributed by atoms with van der Waals surface area (Å²) in [4.78, 5) is 48.4. The van der Waals surface area contributed by atoms with Crippen molar-refractivity contribution in [2.45, 2.75) is 76.4 Å². The number of benzene rings is 2. The van der Waals surface area contributed by atoms with E-state index in [1.165, 1.54) is 12.1 Å². The summed E-state index contributed by atoms with van der Waals surface area (Å²) < 4.78 is 99.1. The average molecular weight is 709 g/mol. The lowest BCUT2D eigenvalue weighted by Crippen LogP contribution is -2.66. The molecule has 0 radical (unpaired) electrons. The molecule has 256 valence electrons. The Morgan fingerprint density at radius 3 is 2.06 bits per heavy atom. The second-order valence-corrected chi connectivity index (χ2v) is 12.4. The maximum Gasteiger partial charge on any atom is 0.534 e. The van der Waals surface area contributed by atoms with Crippen LogP contribution in [0.4, 0.5) is 13.2 Å². The van der Waals surface area contributed by atoms with Gasteiger partial charge in [0.1, 0.15) is 18.5 Å². The molecular weight excluding hydrogens is 681 g/mol. The zero-order valence-corrected chi connectivity index (χ0v) is 26.7. The minimum atomic E-state index is -5.87. The van der Waals surface area contributed by atoms with E-state index in [0.717, 1.165) is 39.8 Å². The number of fused-ring (bicyclic) bond motifs is 2. The van der Waals surface area contributed by atoms with Crippen LogP contribution in [0, 0.1) is 0 Å². The number of carbonyl (C=O) groups is 4. The normalized spacial score (nSPS) is 23.8. The number of hydrogen-bond donors (Lipinski definition) is 0. The van der Waals surface area contributed by atoms with Gasteiger partial charge in [-0.1, -0.05) is 23.7 Å². The van der Waals surface area contributed by atoms with Crippen LogP contribution in [0.15, 0.2) is 36.4 Å². The third kappa shape index (κ3) is 7.97. The second kappa shape index (κ2) is 13.7. The van der Waals surface area contributed by atoms with E-state index in [4.69, 9.17) is 40.0 Å². The number of halogens is 4. The monoisotopic (exact) mass is 708 g/mol. The number of alkyl halides is 3. The van der Waals surface area contributed by atoms with E-state index in [1.807, 2.05) is 0 Å². The van der Waals surface area contributed by atoms with Crippen LogP contribution in [-0.2, 0) is 76.5 Å². The molecule has 2 aliphatic heterocycles. The zero-order valence-electron chi connectivity index (χ0n) is 25.1. The highest BCUT2D eigenvalue weighted by Gasteiger charge is 2.64. The summed E-state index contributed by atoms with van der Waals surface area (Å²) in [5.74, 6) is -5.77. The van der Waals surface area contributed by atoms with Gasteiger partial charge in [0.2, 0.25) is 11.9 Å². The van der Waals surface area contributed by atoms with Crippen molar-refractivity contribution in [3.05, 3.63) is 63.7 Å². The summed E-state index contributed by atoms with van der Waals surface area (Å²) in [7, 11) is -5.87. The van der Waals surface area contributed by atoms with Crippen LogP contribution in [-0.4, -0.2) is 68.8 Å². The van der Waals surface area contributed by atoms with Gasteiger partial charge in [-0.15, -0.1) is 0 Å². The van der Waals surface area contributed by atoms with E-state index in [2.05, 4.69) is 4.18 Å². The maximum absolute atomic E-state index is 12.7. The molecule has 2 aromatic rings. The zero-order chi connectivity index (χ0) is 34.9. The third-order valence-corrected chi connectivity index (χ3v) is 8.27. The lowest BCUT2D eigenvalue weighted by molar-refractivity contribution is -0.370. The van der Waals surface area contributed by atoms with Crippen molar-refractivity contribution in [2.75, 3.05) is 6.61 Å². The van der Waals surface area contributed by atoms with Gasteiger partial charge in [-0.3, -0.25) is 19.2 Å². The molecule has 1 saturated heterocycles. The standard InChI is InChI=1S/C29H28ClF3O13S/c1-14(34)40-13-24-25(42-15(2)35)26(43-16(3)36)27(44-17(4)37)28(45-24)22-10-19(23(30)11-20(22)12-41-28)9-18-5-7-21(8-6-18)46-47(38,39)29(31,32)33/h5-8,10-11,24-27H,9,12-13H2,1-4H3/t24-,25+,26+,27-,28+/m1/s1. The Balaban J connectivity index is 1.76. The fourth-order valence-corrected chi connectivity index (χ4v) is 5.87. The van der Waals surface area contributed by atoms with Crippen LogP contribution in [0.1, 0.15) is 49.9 Å². The van der Waals surface area contributed by atoms with Crippen molar-refractivity contribution in [3.63, 3.8) is 0 Å². The smallest absolute Gasteiger partial charge is 0.463 e. The van der Waals surface area contributed by atoms with Gasteiger partial charge < -0.3 is 32.6 Å². The van der Waals surface area contributed by atoms with Crippen LogP contribution < -0.4 is 4.18 Å². The molecule has 18 heteroatoms. The first kappa shape index (κ1) is 35.9. The molecule has 1 fully saturated rings. The molecular formula is C29H28ClF3O13S. The maximum atomic E-state index is 12.7. The lowest BCUT2D eigenvalue weighted by Gasteiger charge is -2.49. The van der Waals surface area contributed by atoms with E-state index >= 15 is 0 Å². The first-order chi connectivity index (χ1) is 21.8. The summed E-state index contributed by atoms with van der Waals surface area (Å²) >= 11 is 6.57. The molecule has 47 heavy (non-hydrogen) atoms. The molecule has 0 aromatic heterocycles.